The van der Waals surface area contributed by atoms with Crippen molar-refractivity contribution in [1.29, 1.82) is 0 Å². The minimum absolute atomic E-state index is 0.134. The van der Waals surface area contributed by atoms with E-state index in [1.54, 1.807) is 26.1 Å². The number of aromatic nitrogens is 1. The number of amides is 2. The van der Waals surface area contributed by atoms with Crippen LogP contribution in [0.3, 0.4) is 0 Å². The smallest absolute Gasteiger partial charge is 0.251 e. The van der Waals surface area contributed by atoms with Crippen molar-refractivity contribution in [3.05, 3.63) is 23.4 Å². The lowest BCUT2D eigenvalue weighted by Crippen LogP contribution is -2.28. The molecular formula is C11H16N4O2. The molecule has 0 fully saturated rings. The molecule has 0 aliphatic rings. The van der Waals surface area contributed by atoms with Gasteiger partial charge in [-0.05, 0) is 19.1 Å². The summed E-state index contributed by atoms with van der Waals surface area (Å²) in [4.78, 5) is 26.4. The van der Waals surface area contributed by atoms with Crippen LogP contribution >= 0.6 is 0 Å². The van der Waals surface area contributed by atoms with Gasteiger partial charge in [0.25, 0.3) is 5.91 Å². The van der Waals surface area contributed by atoms with Gasteiger partial charge in [-0.25, -0.2) is 4.98 Å². The summed E-state index contributed by atoms with van der Waals surface area (Å²) in [6.45, 7) is 2.05. The van der Waals surface area contributed by atoms with Crippen LogP contribution in [-0.2, 0) is 4.79 Å². The normalized spacial score (nSPS) is 9.76. The minimum Gasteiger partial charge on any atom is -0.373 e. The van der Waals surface area contributed by atoms with Crippen molar-refractivity contribution in [2.45, 2.75) is 13.3 Å². The van der Waals surface area contributed by atoms with Crippen molar-refractivity contribution in [2.24, 2.45) is 5.73 Å². The molecule has 1 aromatic heterocycles. The summed E-state index contributed by atoms with van der Waals surface area (Å²) in [5, 5.41) is 5.49. The molecule has 0 aliphatic heterocycles. The van der Waals surface area contributed by atoms with E-state index in [1.807, 2.05) is 0 Å². The lowest BCUT2D eigenvalue weighted by molar-refractivity contribution is -0.117. The van der Waals surface area contributed by atoms with E-state index >= 15 is 0 Å². The molecule has 17 heavy (non-hydrogen) atoms. The van der Waals surface area contributed by atoms with Gasteiger partial charge in [0.2, 0.25) is 5.91 Å². The average Bonchev–Trinajstić information content (AvgIpc) is 2.27. The van der Waals surface area contributed by atoms with Gasteiger partial charge in [-0.15, -0.1) is 0 Å². The Morgan fingerprint density at radius 2 is 2.12 bits per heavy atom. The Morgan fingerprint density at radius 1 is 1.41 bits per heavy atom. The fourth-order valence-corrected chi connectivity index (χ4v) is 1.33. The molecule has 0 radical (unpaired) electrons. The minimum atomic E-state index is -0.438. The summed E-state index contributed by atoms with van der Waals surface area (Å²) in [5.74, 6) is -0.0505. The number of anilines is 1. The quantitative estimate of drug-likeness (QED) is 0.672. The number of rotatable bonds is 5. The molecule has 1 rings (SSSR count). The largest absolute Gasteiger partial charge is 0.373 e. The second kappa shape index (κ2) is 5.83. The van der Waals surface area contributed by atoms with Gasteiger partial charge in [-0.2, -0.15) is 0 Å². The van der Waals surface area contributed by atoms with Gasteiger partial charge in [-0.3, -0.25) is 9.59 Å². The van der Waals surface area contributed by atoms with E-state index in [0.29, 0.717) is 11.4 Å². The van der Waals surface area contributed by atoms with Crippen molar-refractivity contribution >= 4 is 17.6 Å². The van der Waals surface area contributed by atoms with Crippen LogP contribution in [0.15, 0.2) is 12.1 Å². The van der Waals surface area contributed by atoms with Crippen LogP contribution in [0.2, 0.25) is 0 Å². The first-order valence-corrected chi connectivity index (χ1v) is 5.26. The first-order chi connectivity index (χ1) is 8.02. The highest BCUT2D eigenvalue weighted by atomic mass is 16.2. The Hall–Kier alpha value is -2.11. The van der Waals surface area contributed by atoms with Crippen molar-refractivity contribution in [1.82, 2.24) is 10.3 Å². The second-order valence-electron chi connectivity index (χ2n) is 3.60. The number of nitrogens with two attached hydrogens (primary N) is 1. The Balaban J connectivity index is 2.68. The second-order valence-corrected chi connectivity index (χ2v) is 3.60. The Morgan fingerprint density at radius 3 is 2.71 bits per heavy atom. The third kappa shape index (κ3) is 4.10. The zero-order valence-corrected chi connectivity index (χ0v) is 9.91. The highest BCUT2D eigenvalue weighted by Crippen LogP contribution is 2.09. The summed E-state index contributed by atoms with van der Waals surface area (Å²) < 4.78 is 0. The van der Waals surface area contributed by atoms with E-state index in [1.165, 1.54) is 0 Å². The van der Waals surface area contributed by atoms with Gasteiger partial charge in [0.05, 0.1) is 0 Å². The number of nitrogens with zero attached hydrogens (tertiary/aromatic N) is 1. The number of hydrogen-bond donors (Lipinski definition) is 3. The van der Waals surface area contributed by atoms with Gasteiger partial charge < -0.3 is 16.4 Å². The van der Waals surface area contributed by atoms with E-state index in [-0.39, 0.29) is 18.9 Å². The molecule has 1 heterocycles. The Labute approximate surface area is 99.6 Å². The molecule has 0 aliphatic carbocycles. The summed E-state index contributed by atoms with van der Waals surface area (Å²) in [5.41, 5.74) is 6.23. The SMILES string of the molecule is CNc1cc(C(=O)NCCC(N)=O)cc(C)n1. The van der Waals surface area contributed by atoms with E-state index in [0.717, 1.165) is 5.69 Å². The molecule has 6 heteroatoms. The molecule has 2 amide bonds. The number of carbonyl (C=O) groups excluding carboxylic acids is 2. The molecule has 1 aromatic rings. The van der Waals surface area contributed by atoms with Crippen LogP contribution in [0.25, 0.3) is 0 Å². The molecule has 0 atom stereocenters. The lowest BCUT2D eigenvalue weighted by atomic mass is 10.2. The van der Waals surface area contributed by atoms with E-state index in [4.69, 9.17) is 5.73 Å². The summed E-state index contributed by atoms with van der Waals surface area (Å²) in [6, 6.07) is 3.33. The maximum atomic E-state index is 11.7. The first-order valence-electron chi connectivity index (χ1n) is 5.26. The molecule has 92 valence electrons. The van der Waals surface area contributed by atoms with E-state index in [9.17, 15) is 9.59 Å². The molecule has 6 nitrogen and oxygen atoms in total. The van der Waals surface area contributed by atoms with Crippen LogP contribution in [0.4, 0.5) is 5.82 Å². The molecule has 4 N–H and O–H groups in total. The van der Waals surface area contributed by atoms with Crippen molar-refractivity contribution in [2.75, 3.05) is 18.9 Å². The van der Waals surface area contributed by atoms with Crippen LogP contribution < -0.4 is 16.4 Å². The fraction of sp³-hybridized carbons (Fsp3) is 0.364. The van der Waals surface area contributed by atoms with Gasteiger partial charge in [0.1, 0.15) is 5.82 Å². The summed E-state index contributed by atoms with van der Waals surface area (Å²) in [6.07, 6.45) is 0.134. The Kier molecular flexibility index (Phi) is 4.45. The number of primary amides is 1. The predicted octanol–water partition coefficient (Wildman–Crippen LogP) is 0.0369. The lowest BCUT2D eigenvalue weighted by Gasteiger charge is -2.07. The highest BCUT2D eigenvalue weighted by molar-refractivity contribution is 5.95. The van der Waals surface area contributed by atoms with Crippen LogP contribution in [-0.4, -0.2) is 30.4 Å². The molecule has 0 spiro atoms. The van der Waals surface area contributed by atoms with Gasteiger partial charge >= 0.3 is 0 Å². The van der Waals surface area contributed by atoms with Crippen molar-refractivity contribution in [3.63, 3.8) is 0 Å². The standard InChI is InChI=1S/C11H16N4O2/c1-7-5-8(6-10(13-2)15-7)11(17)14-4-3-9(12)16/h5-6H,3-4H2,1-2H3,(H2,12,16)(H,13,15)(H,14,17). The number of pyridine rings is 1. The number of aryl methyl sites for hydroxylation is 1. The fourth-order valence-electron chi connectivity index (χ4n) is 1.33. The van der Waals surface area contributed by atoms with Crippen LogP contribution in [0.1, 0.15) is 22.5 Å². The van der Waals surface area contributed by atoms with E-state index < -0.39 is 5.91 Å². The molecule has 0 bridgehead atoms. The summed E-state index contributed by atoms with van der Waals surface area (Å²) >= 11 is 0. The third-order valence-corrected chi connectivity index (χ3v) is 2.13. The van der Waals surface area contributed by atoms with Crippen LogP contribution in [0.5, 0.6) is 0 Å². The van der Waals surface area contributed by atoms with Gasteiger partial charge in [0, 0.05) is 31.3 Å². The maximum Gasteiger partial charge on any atom is 0.251 e. The molecule has 0 unspecified atom stereocenters. The zero-order valence-electron chi connectivity index (χ0n) is 9.91. The monoisotopic (exact) mass is 236 g/mol. The average molecular weight is 236 g/mol. The molecule has 0 saturated heterocycles. The molecular weight excluding hydrogens is 220 g/mol. The van der Waals surface area contributed by atoms with Crippen molar-refractivity contribution in [3.8, 4) is 0 Å². The number of nitrogens with one attached hydrogen (secondary N) is 2. The van der Waals surface area contributed by atoms with Gasteiger partial charge in [-0.1, -0.05) is 0 Å². The maximum absolute atomic E-state index is 11.7. The molecule has 0 aromatic carbocycles. The number of carbonyl (C=O) groups is 2. The predicted molar refractivity (Wildman–Crippen MR) is 64.7 cm³/mol. The topological polar surface area (TPSA) is 97.1 Å². The van der Waals surface area contributed by atoms with E-state index in [2.05, 4.69) is 15.6 Å². The summed E-state index contributed by atoms with van der Waals surface area (Å²) in [7, 11) is 1.73. The van der Waals surface area contributed by atoms with Crippen molar-refractivity contribution < 1.29 is 9.59 Å². The zero-order chi connectivity index (χ0) is 12.8. The highest BCUT2D eigenvalue weighted by Gasteiger charge is 2.08. The molecule has 0 saturated carbocycles. The van der Waals surface area contributed by atoms with Crippen LogP contribution in [0, 0.1) is 6.92 Å². The Bertz CT molecular complexity index is 431. The van der Waals surface area contributed by atoms with Gasteiger partial charge in [0.15, 0.2) is 0 Å². The number of hydrogen-bond acceptors (Lipinski definition) is 4. The first kappa shape index (κ1) is 13.0. The third-order valence-electron chi connectivity index (χ3n) is 2.13.